The van der Waals surface area contributed by atoms with Gasteiger partial charge in [-0.2, -0.15) is 10.2 Å². The zero-order valence-electron chi connectivity index (χ0n) is 19.3. The smallest absolute Gasteiger partial charge is 0.335 e. The number of thiocarbonyl (C=S) groups is 1. The minimum Gasteiger partial charge on any atom is -0.504 e. The molecule has 0 radical (unpaired) electrons. The lowest BCUT2D eigenvalue weighted by Gasteiger charge is -2.08. The van der Waals surface area contributed by atoms with Crippen molar-refractivity contribution in [3.05, 3.63) is 76.6 Å². The van der Waals surface area contributed by atoms with Crippen molar-refractivity contribution in [2.75, 3.05) is 5.32 Å². The van der Waals surface area contributed by atoms with E-state index in [1.165, 1.54) is 37.0 Å². The first-order valence-corrected chi connectivity index (χ1v) is 11.6. The zero-order chi connectivity index (χ0) is 24.5. The monoisotopic (exact) mass is 479 g/mol. The molecule has 3 rings (SSSR count). The van der Waals surface area contributed by atoms with E-state index in [0.29, 0.717) is 29.2 Å². The minimum absolute atomic E-state index is 0.0539. The molecular weight excluding hydrogens is 450 g/mol. The number of aromatic hydroxyl groups is 1. The third kappa shape index (κ3) is 6.89. The van der Waals surface area contributed by atoms with Crippen molar-refractivity contribution in [3.8, 4) is 5.75 Å². The quantitative estimate of drug-likeness (QED) is 0.122. The number of carboxylic acid groups (broad SMARTS) is 1. The van der Waals surface area contributed by atoms with Gasteiger partial charge >= 0.3 is 5.97 Å². The molecule has 0 bridgehead atoms. The van der Waals surface area contributed by atoms with Gasteiger partial charge in [-0.1, -0.05) is 44.0 Å². The van der Waals surface area contributed by atoms with Crippen LogP contribution in [0.1, 0.15) is 66.0 Å². The van der Waals surface area contributed by atoms with Crippen LogP contribution in [-0.2, 0) is 12.8 Å². The van der Waals surface area contributed by atoms with Crippen LogP contribution in [0.2, 0.25) is 0 Å². The van der Waals surface area contributed by atoms with Gasteiger partial charge in [-0.25, -0.2) is 4.79 Å². The van der Waals surface area contributed by atoms with E-state index >= 15 is 0 Å². The van der Waals surface area contributed by atoms with E-state index in [9.17, 15) is 9.90 Å². The number of anilines is 1. The lowest BCUT2D eigenvalue weighted by molar-refractivity contribution is 0.0697. The highest BCUT2D eigenvalue weighted by Crippen LogP contribution is 2.23. The van der Waals surface area contributed by atoms with E-state index in [4.69, 9.17) is 17.3 Å². The predicted octanol–water partition coefficient (Wildman–Crippen LogP) is 4.85. The highest BCUT2D eigenvalue weighted by atomic mass is 32.1. The molecule has 0 aliphatic heterocycles. The van der Waals surface area contributed by atoms with E-state index < -0.39 is 5.97 Å². The number of benzene rings is 2. The molecule has 34 heavy (non-hydrogen) atoms. The lowest BCUT2D eigenvalue weighted by atomic mass is 10.0. The number of carboxylic acids is 1. The Labute approximate surface area is 204 Å². The molecule has 5 N–H and O–H groups in total. The number of H-pyrrole nitrogens is 1. The van der Waals surface area contributed by atoms with E-state index in [0.717, 1.165) is 12.0 Å². The lowest BCUT2D eigenvalue weighted by Crippen LogP contribution is -2.25. The summed E-state index contributed by atoms with van der Waals surface area (Å²) >= 11 is 5.22. The van der Waals surface area contributed by atoms with E-state index in [2.05, 4.69) is 57.2 Å². The number of aryl methyl sites for hydroxylation is 1. The largest absolute Gasteiger partial charge is 0.504 e. The van der Waals surface area contributed by atoms with Gasteiger partial charge in [0.05, 0.1) is 17.0 Å². The molecule has 0 fully saturated rings. The van der Waals surface area contributed by atoms with Crippen LogP contribution in [0.25, 0.3) is 0 Å². The molecule has 2 aromatic carbocycles. The van der Waals surface area contributed by atoms with Crippen LogP contribution in [0.3, 0.4) is 0 Å². The van der Waals surface area contributed by atoms with Gasteiger partial charge in [0.1, 0.15) is 5.69 Å². The maximum atomic E-state index is 10.9. The molecule has 8 nitrogen and oxygen atoms in total. The molecule has 0 aliphatic carbocycles. The first-order valence-electron chi connectivity index (χ1n) is 11.2. The van der Waals surface area contributed by atoms with E-state index in [1.54, 1.807) is 19.1 Å². The van der Waals surface area contributed by atoms with Gasteiger partial charge < -0.3 is 15.5 Å². The van der Waals surface area contributed by atoms with Crippen LogP contribution < -0.4 is 10.7 Å². The van der Waals surface area contributed by atoms with Crippen LogP contribution >= 0.6 is 12.2 Å². The number of aromatic amines is 1. The number of carbonyl (C=O) groups is 1. The molecule has 0 spiro atoms. The van der Waals surface area contributed by atoms with Crippen molar-refractivity contribution in [2.24, 2.45) is 5.10 Å². The average Bonchev–Trinajstić information content (AvgIpc) is 3.19. The van der Waals surface area contributed by atoms with Crippen LogP contribution in [0.4, 0.5) is 5.69 Å². The Morgan fingerprint density at radius 1 is 1.09 bits per heavy atom. The summed E-state index contributed by atoms with van der Waals surface area (Å²) in [7, 11) is 0. The Morgan fingerprint density at radius 3 is 2.41 bits per heavy atom. The van der Waals surface area contributed by atoms with Crippen molar-refractivity contribution < 1.29 is 15.0 Å². The third-order valence-corrected chi connectivity index (χ3v) is 5.54. The molecule has 0 atom stereocenters. The number of nitrogens with one attached hydrogen (secondary N) is 3. The second kappa shape index (κ2) is 11.9. The van der Waals surface area contributed by atoms with Gasteiger partial charge in [0, 0.05) is 12.1 Å². The first kappa shape index (κ1) is 24.9. The Kier molecular flexibility index (Phi) is 8.75. The van der Waals surface area contributed by atoms with Crippen LogP contribution in [0, 0.1) is 0 Å². The summed E-state index contributed by atoms with van der Waals surface area (Å²) in [5, 5.41) is 34.0. The molecule has 0 saturated carbocycles. The van der Waals surface area contributed by atoms with Crippen molar-refractivity contribution in [1.29, 1.82) is 0 Å². The predicted molar refractivity (Wildman–Crippen MR) is 138 cm³/mol. The number of rotatable bonds is 10. The van der Waals surface area contributed by atoms with Crippen molar-refractivity contribution in [1.82, 2.24) is 15.6 Å². The standard InChI is InChI=1S/C25H29N5O3S/c1-3-4-5-6-17-7-9-18(10-8-17)15-21-23(31)22(29-28-21)16(2)27-30-25(34)26-20-13-11-19(12-14-20)24(32)33/h7-14,31H,3-6,15H2,1-2H3,(H,28,29)(H,32,33)(H2,26,30,34). The third-order valence-electron chi connectivity index (χ3n) is 5.34. The SMILES string of the molecule is CCCCCc1ccc(Cc2[nH]nc(C(C)=NNC(=S)Nc3ccc(C(=O)O)cc3)c2O)cc1. The number of aromatic nitrogens is 2. The van der Waals surface area contributed by atoms with Gasteiger partial charge in [-0.05, 0) is 67.4 Å². The molecule has 3 aromatic rings. The summed E-state index contributed by atoms with van der Waals surface area (Å²) in [4.78, 5) is 10.9. The molecule has 0 aliphatic rings. The fourth-order valence-corrected chi connectivity index (χ4v) is 3.56. The molecule has 9 heteroatoms. The van der Waals surface area contributed by atoms with Crippen LogP contribution in [0.5, 0.6) is 5.75 Å². The second-order valence-corrected chi connectivity index (χ2v) is 8.40. The Hall–Kier alpha value is -3.72. The highest BCUT2D eigenvalue weighted by molar-refractivity contribution is 7.80. The van der Waals surface area contributed by atoms with Gasteiger partial charge in [-0.15, -0.1) is 0 Å². The topological polar surface area (TPSA) is 123 Å². The van der Waals surface area contributed by atoms with Crippen molar-refractivity contribution in [2.45, 2.75) is 46.0 Å². The number of hydrazone groups is 1. The normalized spacial score (nSPS) is 11.3. The van der Waals surface area contributed by atoms with Crippen LogP contribution in [-0.4, -0.2) is 37.2 Å². The fourth-order valence-electron chi connectivity index (χ4n) is 3.40. The molecule has 0 amide bonds. The minimum atomic E-state index is -0.995. The summed E-state index contributed by atoms with van der Waals surface area (Å²) in [5.74, 6) is -0.941. The maximum Gasteiger partial charge on any atom is 0.335 e. The number of hydrogen-bond acceptors (Lipinski definition) is 5. The average molecular weight is 480 g/mol. The second-order valence-electron chi connectivity index (χ2n) is 8.00. The van der Waals surface area contributed by atoms with Gasteiger partial charge in [-0.3, -0.25) is 10.5 Å². The van der Waals surface area contributed by atoms with Gasteiger partial charge in [0.15, 0.2) is 10.9 Å². The fraction of sp³-hybridized carbons (Fsp3) is 0.280. The Bertz CT molecular complexity index is 1150. The summed E-state index contributed by atoms with van der Waals surface area (Å²) in [6.07, 6.45) is 5.26. The van der Waals surface area contributed by atoms with Crippen molar-refractivity contribution >= 4 is 34.7 Å². The molecule has 1 aromatic heterocycles. The maximum absolute atomic E-state index is 10.9. The molecule has 1 heterocycles. The van der Waals surface area contributed by atoms with Gasteiger partial charge in [0.25, 0.3) is 0 Å². The Morgan fingerprint density at radius 2 is 1.76 bits per heavy atom. The zero-order valence-corrected chi connectivity index (χ0v) is 20.1. The van der Waals surface area contributed by atoms with E-state index in [1.807, 2.05) is 0 Å². The number of unbranched alkanes of at least 4 members (excludes halogenated alkanes) is 2. The van der Waals surface area contributed by atoms with Crippen LogP contribution in [0.15, 0.2) is 53.6 Å². The van der Waals surface area contributed by atoms with Crippen molar-refractivity contribution in [3.63, 3.8) is 0 Å². The number of hydrogen-bond donors (Lipinski definition) is 5. The highest BCUT2D eigenvalue weighted by Gasteiger charge is 2.15. The first-order chi connectivity index (χ1) is 16.4. The summed E-state index contributed by atoms with van der Waals surface area (Å²) < 4.78 is 0. The molecule has 178 valence electrons. The summed E-state index contributed by atoms with van der Waals surface area (Å²) in [6, 6.07) is 14.6. The number of aromatic carboxylic acids is 1. The number of nitrogens with zero attached hydrogens (tertiary/aromatic N) is 2. The van der Waals surface area contributed by atoms with E-state index in [-0.39, 0.29) is 16.4 Å². The summed E-state index contributed by atoms with van der Waals surface area (Å²) in [6.45, 7) is 3.91. The molecular formula is C25H29N5O3S. The van der Waals surface area contributed by atoms with Gasteiger partial charge in [0.2, 0.25) is 0 Å². The molecule has 0 saturated heterocycles. The molecule has 0 unspecified atom stereocenters. The summed E-state index contributed by atoms with van der Waals surface area (Å²) in [5.41, 5.74) is 7.33. The Balaban J connectivity index is 1.57.